The van der Waals surface area contributed by atoms with Crippen LogP contribution in [0.2, 0.25) is 0 Å². The number of rotatable bonds is 6. The second-order valence-electron chi connectivity index (χ2n) is 6.38. The first-order valence-electron chi connectivity index (χ1n) is 8.93. The molecule has 0 saturated heterocycles. The van der Waals surface area contributed by atoms with Gasteiger partial charge in [0.05, 0.1) is 16.7 Å². The maximum absolute atomic E-state index is 5.63. The summed E-state index contributed by atoms with van der Waals surface area (Å²) in [5, 5.41) is 3.33. The topological polar surface area (TPSA) is 55.9 Å². The van der Waals surface area contributed by atoms with Crippen molar-refractivity contribution >= 4 is 11.0 Å². The summed E-state index contributed by atoms with van der Waals surface area (Å²) < 4.78 is 7.74. The number of hydrogen-bond donors (Lipinski definition) is 1. The van der Waals surface area contributed by atoms with E-state index in [0.29, 0.717) is 5.89 Å². The van der Waals surface area contributed by atoms with Crippen LogP contribution in [0.15, 0.2) is 59.2 Å². The highest BCUT2D eigenvalue weighted by Crippen LogP contribution is 2.26. The van der Waals surface area contributed by atoms with Crippen LogP contribution in [0.3, 0.4) is 0 Å². The molecule has 1 N–H and O–H groups in total. The van der Waals surface area contributed by atoms with E-state index >= 15 is 0 Å². The maximum atomic E-state index is 5.63. The summed E-state index contributed by atoms with van der Waals surface area (Å²) in [5.74, 6) is 1.60. The van der Waals surface area contributed by atoms with Crippen molar-refractivity contribution in [3.63, 3.8) is 0 Å². The van der Waals surface area contributed by atoms with Gasteiger partial charge in [0.15, 0.2) is 0 Å². The van der Waals surface area contributed by atoms with Crippen LogP contribution in [0.4, 0.5) is 0 Å². The van der Waals surface area contributed by atoms with Gasteiger partial charge in [-0.15, -0.1) is 0 Å². The van der Waals surface area contributed by atoms with Crippen molar-refractivity contribution < 1.29 is 4.42 Å². The molecule has 26 heavy (non-hydrogen) atoms. The van der Waals surface area contributed by atoms with Gasteiger partial charge in [-0.25, -0.2) is 9.97 Å². The van der Waals surface area contributed by atoms with Crippen molar-refractivity contribution in [1.82, 2.24) is 19.9 Å². The van der Waals surface area contributed by atoms with Gasteiger partial charge in [0.25, 0.3) is 0 Å². The minimum atomic E-state index is 0.648. The lowest BCUT2D eigenvalue weighted by Crippen LogP contribution is -2.13. The molecule has 0 unspecified atom stereocenters. The number of aryl methyl sites for hydroxylation is 1. The number of oxazole rings is 1. The van der Waals surface area contributed by atoms with Crippen molar-refractivity contribution in [2.24, 2.45) is 7.05 Å². The fourth-order valence-electron chi connectivity index (χ4n) is 3.08. The summed E-state index contributed by atoms with van der Waals surface area (Å²) in [4.78, 5) is 9.30. The number of fused-ring (bicyclic) bond motifs is 1. The molecule has 0 fully saturated rings. The third-order valence-corrected chi connectivity index (χ3v) is 4.46. The summed E-state index contributed by atoms with van der Waals surface area (Å²) in [6.07, 6.45) is 2.83. The van der Waals surface area contributed by atoms with E-state index in [9.17, 15) is 0 Å². The van der Waals surface area contributed by atoms with E-state index < -0.39 is 0 Å². The Bertz CT molecular complexity index is 1010. The Morgan fingerprint density at radius 2 is 1.77 bits per heavy atom. The third-order valence-electron chi connectivity index (χ3n) is 4.46. The lowest BCUT2D eigenvalue weighted by Gasteiger charge is -2.03. The van der Waals surface area contributed by atoms with Crippen molar-refractivity contribution in [1.29, 1.82) is 0 Å². The molecular weight excluding hydrogens is 324 g/mol. The van der Waals surface area contributed by atoms with Crippen LogP contribution in [0, 0.1) is 0 Å². The van der Waals surface area contributed by atoms with E-state index in [-0.39, 0.29) is 0 Å². The Labute approximate surface area is 152 Å². The lowest BCUT2D eigenvalue weighted by molar-refractivity contribution is 0.570. The Morgan fingerprint density at radius 1 is 1.00 bits per heavy atom. The summed E-state index contributed by atoms with van der Waals surface area (Å²) in [5.41, 5.74) is 5.10. The summed E-state index contributed by atoms with van der Waals surface area (Å²) in [7, 11) is 2.04. The molecule has 0 radical (unpaired) electrons. The fourth-order valence-corrected chi connectivity index (χ4v) is 3.08. The summed E-state index contributed by atoms with van der Waals surface area (Å²) >= 11 is 0. The van der Waals surface area contributed by atoms with Gasteiger partial charge in [0, 0.05) is 24.7 Å². The average Bonchev–Trinajstić information content (AvgIpc) is 3.28. The van der Waals surface area contributed by atoms with Crippen molar-refractivity contribution in [2.75, 3.05) is 6.54 Å². The zero-order chi connectivity index (χ0) is 17.9. The van der Waals surface area contributed by atoms with Gasteiger partial charge in [0.2, 0.25) is 5.89 Å². The smallest absolute Gasteiger partial charge is 0.226 e. The molecule has 0 aliphatic heterocycles. The quantitative estimate of drug-likeness (QED) is 0.526. The zero-order valence-electron chi connectivity index (χ0n) is 15.1. The van der Waals surface area contributed by atoms with Gasteiger partial charge in [0.1, 0.15) is 12.1 Å². The Balaban J connectivity index is 1.57. The predicted molar refractivity (Wildman–Crippen MR) is 104 cm³/mol. The highest BCUT2D eigenvalue weighted by atomic mass is 16.3. The van der Waals surface area contributed by atoms with Gasteiger partial charge < -0.3 is 14.3 Å². The van der Waals surface area contributed by atoms with Crippen LogP contribution in [0.5, 0.6) is 0 Å². The molecule has 4 aromatic rings. The number of para-hydroxylation sites is 2. The largest absolute Gasteiger partial charge is 0.444 e. The highest BCUT2D eigenvalue weighted by Gasteiger charge is 2.11. The molecule has 0 aliphatic rings. The van der Waals surface area contributed by atoms with Crippen LogP contribution in [0.1, 0.15) is 19.0 Å². The van der Waals surface area contributed by atoms with Crippen molar-refractivity contribution in [2.45, 2.75) is 19.9 Å². The lowest BCUT2D eigenvalue weighted by atomic mass is 10.1. The number of benzene rings is 2. The van der Waals surface area contributed by atoms with E-state index in [1.54, 1.807) is 6.26 Å². The molecule has 0 saturated carbocycles. The maximum Gasteiger partial charge on any atom is 0.226 e. The molecule has 0 bridgehead atoms. The molecule has 0 amide bonds. The molecule has 5 heteroatoms. The highest BCUT2D eigenvalue weighted by molar-refractivity contribution is 5.80. The molecule has 0 spiro atoms. The first-order chi connectivity index (χ1) is 12.8. The Hall–Kier alpha value is -2.92. The van der Waals surface area contributed by atoms with Gasteiger partial charge in [-0.3, -0.25) is 0 Å². The van der Waals surface area contributed by atoms with E-state index in [0.717, 1.165) is 53.2 Å². The molecule has 2 aromatic heterocycles. The Kier molecular flexibility index (Phi) is 4.54. The molecule has 2 heterocycles. The number of imidazole rings is 1. The van der Waals surface area contributed by atoms with E-state index in [1.165, 1.54) is 0 Å². The zero-order valence-corrected chi connectivity index (χ0v) is 15.1. The monoisotopic (exact) mass is 346 g/mol. The first-order valence-corrected chi connectivity index (χ1v) is 8.93. The second-order valence-corrected chi connectivity index (χ2v) is 6.38. The molecule has 5 nitrogen and oxygen atoms in total. The van der Waals surface area contributed by atoms with Crippen molar-refractivity contribution in [3.8, 4) is 22.8 Å². The SMILES string of the molecule is CCCNCc1coc(-c2ccc(-c3nc4ccccc4n3C)cc2)n1. The number of hydrogen-bond acceptors (Lipinski definition) is 4. The van der Waals surface area contributed by atoms with Crippen LogP contribution < -0.4 is 5.32 Å². The van der Waals surface area contributed by atoms with Crippen LogP contribution in [-0.4, -0.2) is 21.1 Å². The first kappa shape index (κ1) is 16.5. The molecule has 4 rings (SSSR count). The van der Waals surface area contributed by atoms with E-state index in [1.807, 2.05) is 37.4 Å². The number of nitrogens with one attached hydrogen (secondary N) is 1. The molecule has 132 valence electrons. The molecule has 0 atom stereocenters. The predicted octanol–water partition coefficient (Wildman–Crippen LogP) is 4.39. The van der Waals surface area contributed by atoms with Crippen LogP contribution >= 0.6 is 0 Å². The third kappa shape index (κ3) is 3.13. The van der Waals surface area contributed by atoms with Crippen LogP contribution in [-0.2, 0) is 13.6 Å². The number of nitrogens with zero attached hydrogens (tertiary/aromatic N) is 3. The van der Waals surface area contributed by atoms with Crippen molar-refractivity contribution in [3.05, 3.63) is 60.5 Å². The van der Waals surface area contributed by atoms with E-state index in [4.69, 9.17) is 9.40 Å². The Morgan fingerprint density at radius 3 is 2.54 bits per heavy atom. The minimum Gasteiger partial charge on any atom is -0.444 e. The molecular formula is C21H22N4O. The van der Waals surface area contributed by atoms with Gasteiger partial charge >= 0.3 is 0 Å². The average molecular weight is 346 g/mol. The normalized spacial score (nSPS) is 11.3. The van der Waals surface area contributed by atoms with E-state index in [2.05, 4.69) is 40.0 Å². The van der Waals surface area contributed by atoms with Crippen LogP contribution in [0.25, 0.3) is 33.9 Å². The fraction of sp³-hybridized carbons (Fsp3) is 0.238. The van der Waals surface area contributed by atoms with Gasteiger partial charge in [-0.1, -0.05) is 31.2 Å². The van der Waals surface area contributed by atoms with Gasteiger partial charge in [-0.2, -0.15) is 0 Å². The number of aromatic nitrogens is 3. The second kappa shape index (κ2) is 7.14. The summed E-state index contributed by atoms with van der Waals surface area (Å²) in [6.45, 7) is 3.86. The molecule has 0 aliphatic carbocycles. The molecule has 2 aromatic carbocycles. The van der Waals surface area contributed by atoms with Gasteiger partial charge in [-0.05, 0) is 37.2 Å². The summed E-state index contributed by atoms with van der Waals surface area (Å²) in [6, 6.07) is 16.4. The minimum absolute atomic E-state index is 0.648. The standard InChI is InChI=1S/C21H22N4O/c1-3-12-22-13-17-14-26-21(23-17)16-10-8-15(9-11-16)20-24-18-6-4-5-7-19(18)25(20)2/h4-11,14,22H,3,12-13H2,1-2H3.